The number of likely N-dealkylation sites (tertiary alicyclic amines) is 1. The van der Waals surface area contributed by atoms with Crippen molar-refractivity contribution < 1.29 is 18.0 Å². The van der Waals surface area contributed by atoms with Crippen molar-refractivity contribution in [3.63, 3.8) is 0 Å². The molecule has 150 valence electrons. The Labute approximate surface area is 163 Å². The number of urea groups is 1. The number of alkyl halides is 3. The van der Waals surface area contributed by atoms with Crippen molar-refractivity contribution in [1.29, 1.82) is 0 Å². The minimum Gasteiger partial charge on any atom is -0.325 e. The Balaban J connectivity index is 1.43. The zero-order valence-corrected chi connectivity index (χ0v) is 15.9. The fraction of sp³-hybridized carbons (Fsp3) is 0.409. The third kappa shape index (κ3) is 5.50. The lowest BCUT2D eigenvalue weighted by molar-refractivity contribution is -0.137. The number of hydrogen-bond donors (Lipinski definition) is 1. The molecule has 1 heterocycles. The first-order chi connectivity index (χ1) is 13.3. The van der Waals surface area contributed by atoms with Crippen molar-refractivity contribution in [3.05, 3.63) is 65.2 Å². The van der Waals surface area contributed by atoms with E-state index >= 15 is 0 Å². The van der Waals surface area contributed by atoms with E-state index in [9.17, 15) is 18.0 Å². The van der Waals surface area contributed by atoms with E-state index in [1.54, 1.807) is 12.1 Å². The summed E-state index contributed by atoms with van der Waals surface area (Å²) in [6.45, 7) is 3.39. The molecule has 0 unspecified atom stereocenters. The van der Waals surface area contributed by atoms with E-state index in [0.29, 0.717) is 19.0 Å². The fourth-order valence-corrected chi connectivity index (χ4v) is 3.58. The van der Waals surface area contributed by atoms with Gasteiger partial charge in [-0.1, -0.05) is 24.3 Å². The normalized spacial score (nSPS) is 15.5. The molecule has 1 saturated heterocycles. The van der Waals surface area contributed by atoms with Crippen LogP contribution in [-0.4, -0.2) is 24.0 Å². The van der Waals surface area contributed by atoms with E-state index in [1.165, 1.54) is 0 Å². The van der Waals surface area contributed by atoms with Crippen LogP contribution in [0.3, 0.4) is 0 Å². The third-order valence-corrected chi connectivity index (χ3v) is 5.29. The highest BCUT2D eigenvalue weighted by molar-refractivity contribution is 5.89. The van der Waals surface area contributed by atoms with Crippen molar-refractivity contribution >= 4 is 11.7 Å². The standard InChI is InChI=1S/C22H25F3N2O/c1-16-3-2-4-20(15-16)26-21(28)27-13-11-18(12-14-27)6-5-17-7-9-19(10-8-17)22(23,24)25/h2-4,7-10,15,18H,5-6,11-14H2,1H3,(H,26,28). The maximum absolute atomic E-state index is 12.6. The van der Waals surface area contributed by atoms with Crippen LogP contribution in [0.2, 0.25) is 0 Å². The molecular formula is C22H25F3N2O. The molecule has 0 aromatic heterocycles. The van der Waals surface area contributed by atoms with Crippen molar-refractivity contribution in [1.82, 2.24) is 4.90 Å². The predicted octanol–water partition coefficient (Wildman–Crippen LogP) is 5.89. The fourth-order valence-electron chi connectivity index (χ4n) is 3.58. The number of benzene rings is 2. The summed E-state index contributed by atoms with van der Waals surface area (Å²) >= 11 is 0. The SMILES string of the molecule is Cc1cccc(NC(=O)N2CCC(CCc3ccc(C(F)(F)F)cc3)CC2)c1. The molecular weight excluding hydrogens is 365 g/mol. The maximum Gasteiger partial charge on any atom is 0.416 e. The van der Waals surface area contributed by atoms with Crippen molar-refractivity contribution in [2.45, 2.75) is 38.8 Å². The quantitative estimate of drug-likeness (QED) is 0.694. The number of carbonyl (C=O) groups is 1. The monoisotopic (exact) mass is 390 g/mol. The summed E-state index contributed by atoms with van der Waals surface area (Å²) < 4.78 is 37.9. The maximum atomic E-state index is 12.6. The Morgan fingerprint density at radius 1 is 1.11 bits per heavy atom. The van der Waals surface area contributed by atoms with Crippen LogP contribution in [0, 0.1) is 12.8 Å². The van der Waals surface area contributed by atoms with Crippen LogP contribution >= 0.6 is 0 Å². The molecule has 1 aliphatic rings. The molecule has 0 aliphatic carbocycles. The lowest BCUT2D eigenvalue weighted by atomic mass is 9.90. The zero-order chi connectivity index (χ0) is 20.1. The Morgan fingerprint density at radius 2 is 1.79 bits per heavy atom. The molecule has 1 fully saturated rings. The third-order valence-electron chi connectivity index (χ3n) is 5.29. The van der Waals surface area contributed by atoms with Gasteiger partial charge in [0.1, 0.15) is 0 Å². The number of aryl methyl sites for hydroxylation is 2. The minimum absolute atomic E-state index is 0.0770. The van der Waals surface area contributed by atoms with Gasteiger partial charge in [0, 0.05) is 18.8 Å². The second kappa shape index (κ2) is 8.67. The molecule has 1 aliphatic heterocycles. The average molecular weight is 390 g/mol. The lowest BCUT2D eigenvalue weighted by Gasteiger charge is -2.32. The molecule has 0 spiro atoms. The predicted molar refractivity (Wildman–Crippen MR) is 104 cm³/mol. The lowest BCUT2D eigenvalue weighted by Crippen LogP contribution is -2.41. The zero-order valence-electron chi connectivity index (χ0n) is 15.9. The number of nitrogens with zero attached hydrogens (tertiary/aromatic N) is 1. The van der Waals surface area contributed by atoms with E-state index in [2.05, 4.69) is 5.32 Å². The molecule has 0 saturated carbocycles. The molecule has 3 rings (SSSR count). The second-order valence-corrected chi connectivity index (χ2v) is 7.46. The molecule has 2 aromatic rings. The van der Waals surface area contributed by atoms with Crippen molar-refractivity contribution in [2.24, 2.45) is 5.92 Å². The van der Waals surface area contributed by atoms with Crippen LogP contribution in [0.25, 0.3) is 0 Å². The molecule has 6 heteroatoms. The van der Waals surface area contributed by atoms with E-state index < -0.39 is 11.7 Å². The summed E-state index contributed by atoms with van der Waals surface area (Å²) in [7, 11) is 0. The smallest absolute Gasteiger partial charge is 0.325 e. The van der Waals surface area contributed by atoms with E-state index in [-0.39, 0.29) is 6.03 Å². The van der Waals surface area contributed by atoms with Crippen LogP contribution in [0.5, 0.6) is 0 Å². The largest absolute Gasteiger partial charge is 0.416 e. The number of rotatable bonds is 4. The highest BCUT2D eigenvalue weighted by Crippen LogP contribution is 2.30. The Morgan fingerprint density at radius 3 is 2.39 bits per heavy atom. The second-order valence-electron chi connectivity index (χ2n) is 7.46. The number of nitrogens with one attached hydrogen (secondary N) is 1. The van der Waals surface area contributed by atoms with Gasteiger partial charge in [0.25, 0.3) is 0 Å². The van der Waals surface area contributed by atoms with Gasteiger partial charge in [-0.05, 0) is 73.9 Å². The van der Waals surface area contributed by atoms with Gasteiger partial charge >= 0.3 is 12.2 Å². The Kier molecular flexibility index (Phi) is 6.27. The molecule has 1 N–H and O–H groups in total. The van der Waals surface area contributed by atoms with Crippen molar-refractivity contribution in [2.75, 3.05) is 18.4 Å². The topological polar surface area (TPSA) is 32.3 Å². The first-order valence-corrected chi connectivity index (χ1v) is 9.60. The van der Waals surface area contributed by atoms with E-state index in [4.69, 9.17) is 0 Å². The van der Waals surface area contributed by atoms with Crippen molar-refractivity contribution in [3.8, 4) is 0 Å². The van der Waals surface area contributed by atoms with Gasteiger partial charge in [0.05, 0.1) is 5.56 Å². The van der Waals surface area contributed by atoms with Crippen LogP contribution in [0.15, 0.2) is 48.5 Å². The van der Waals surface area contributed by atoms with E-state index in [0.717, 1.165) is 54.6 Å². The summed E-state index contributed by atoms with van der Waals surface area (Å²) in [6.07, 6.45) is -0.759. The number of carbonyl (C=O) groups excluding carboxylic acids is 1. The Bertz CT molecular complexity index is 794. The molecule has 2 amide bonds. The molecule has 0 bridgehead atoms. The highest BCUT2D eigenvalue weighted by Gasteiger charge is 2.30. The summed E-state index contributed by atoms with van der Waals surface area (Å²) in [5.41, 5.74) is 2.21. The van der Waals surface area contributed by atoms with Gasteiger partial charge < -0.3 is 10.2 Å². The van der Waals surface area contributed by atoms with Gasteiger partial charge in [-0.15, -0.1) is 0 Å². The minimum atomic E-state index is -4.29. The van der Waals surface area contributed by atoms with Gasteiger partial charge in [-0.2, -0.15) is 13.2 Å². The van der Waals surface area contributed by atoms with Gasteiger partial charge in [-0.25, -0.2) is 4.79 Å². The Hall–Kier alpha value is -2.50. The molecule has 3 nitrogen and oxygen atoms in total. The molecule has 28 heavy (non-hydrogen) atoms. The van der Waals surface area contributed by atoms with Gasteiger partial charge in [-0.3, -0.25) is 0 Å². The molecule has 0 atom stereocenters. The summed E-state index contributed by atoms with van der Waals surface area (Å²) in [4.78, 5) is 14.2. The number of amides is 2. The van der Waals surface area contributed by atoms with Crippen LogP contribution < -0.4 is 5.32 Å². The highest BCUT2D eigenvalue weighted by atomic mass is 19.4. The average Bonchev–Trinajstić information content (AvgIpc) is 2.66. The van der Waals surface area contributed by atoms with E-state index in [1.807, 2.05) is 36.1 Å². The van der Waals surface area contributed by atoms with Crippen LogP contribution in [-0.2, 0) is 12.6 Å². The summed E-state index contributed by atoms with van der Waals surface area (Å²) in [5, 5.41) is 2.94. The number of piperidine rings is 1. The van der Waals surface area contributed by atoms with Gasteiger partial charge in [0.15, 0.2) is 0 Å². The number of halogens is 3. The first kappa shape index (κ1) is 20.2. The van der Waals surface area contributed by atoms with Gasteiger partial charge in [0.2, 0.25) is 0 Å². The molecule has 2 aromatic carbocycles. The summed E-state index contributed by atoms with van der Waals surface area (Å²) in [6, 6.07) is 13.1. The number of anilines is 1. The first-order valence-electron chi connectivity index (χ1n) is 9.60. The van der Waals surface area contributed by atoms with Crippen LogP contribution in [0.4, 0.5) is 23.7 Å². The molecule has 0 radical (unpaired) electrons. The van der Waals surface area contributed by atoms with Crippen LogP contribution in [0.1, 0.15) is 36.0 Å². The summed E-state index contributed by atoms with van der Waals surface area (Å²) in [5.74, 6) is 0.491. The number of hydrogen-bond acceptors (Lipinski definition) is 1.